The van der Waals surface area contributed by atoms with Crippen LogP contribution in [-0.4, -0.2) is 17.5 Å². The van der Waals surface area contributed by atoms with E-state index >= 15 is 0 Å². The van der Waals surface area contributed by atoms with E-state index in [1.54, 1.807) is 0 Å². The van der Waals surface area contributed by atoms with E-state index in [2.05, 4.69) is 5.32 Å². The van der Waals surface area contributed by atoms with Crippen molar-refractivity contribution in [1.29, 1.82) is 0 Å². The van der Waals surface area contributed by atoms with Gasteiger partial charge in [0.2, 0.25) is 5.91 Å². The van der Waals surface area contributed by atoms with Gasteiger partial charge in [-0.1, -0.05) is 25.7 Å². The van der Waals surface area contributed by atoms with Gasteiger partial charge < -0.3 is 11.1 Å². The van der Waals surface area contributed by atoms with Crippen molar-refractivity contribution in [3.05, 3.63) is 0 Å². The molecule has 0 aromatic rings. The normalized spacial score (nSPS) is 34.1. The molecule has 3 nitrogen and oxygen atoms in total. The van der Waals surface area contributed by atoms with Crippen LogP contribution < -0.4 is 11.1 Å². The van der Waals surface area contributed by atoms with Crippen LogP contribution in [0.15, 0.2) is 0 Å². The summed E-state index contributed by atoms with van der Waals surface area (Å²) in [6, 6.07) is 0.422. The lowest BCUT2D eigenvalue weighted by Crippen LogP contribution is -2.54. The van der Waals surface area contributed by atoms with Crippen molar-refractivity contribution < 1.29 is 4.79 Å². The zero-order valence-corrected chi connectivity index (χ0v) is 11.5. The van der Waals surface area contributed by atoms with Crippen molar-refractivity contribution in [3.63, 3.8) is 0 Å². The van der Waals surface area contributed by atoms with Crippen LogP contribution in [0.2, 0.25) is 0 Å². The topological polar surface area (TPSA) is 55.1 Å². The molecule has 2 saturated carbocycles. The van der Waals surface area contributed by atoms with Crippen molar-refractivity contribution in [1.82, 2.24) is 5.32 Å². The van der Waals surface area contributed by atoms with Crippen LogP contribution in [0.1, 0.15) is 58.3 Å². The second-order valence-electron chi connectivity index (χ2n) is 5.79. The maximum Gasteiger partial charge on any atom is 0.225 e. The third-order valence-corrected chi connectivity index (χ3v) is 4.27. The molecule has 2 fully saturated rings. The Morgan fingerprint density at radius 3 is 2.35 bits per heavy atom. The fourth-order valence-corrected chi connectivity index (χ4v) is 3.16. The Morgan fingerprint density at radius 1 is 1.18 bits per heavy atom. The monoisotopic (exact) mass is 260 g/mol. The number of rotatable bonds is 2. The van der Waals surface area contributed by atoms with E-state index in [0.717, 1.165) is 32.1 Å². The highest BCUT2D eigenvalue weighted by molar-refractivity contribution is 5.85. The highest BCUT2D eigenvalue weighted by atomic mass is 35.5. The standard InChI is InChI=1S/C13H24N2O.ClH/c1-13(14)9-5-4-8-11(13)12(16)15-10-6-2-3-7-10;/h10-11H,2-9,14H2,1H3,(H,15,16);1H. The molecule has 0 saturated heterocycles. The minimum Gasteiger partial charge on any atom is -0.353 e. The molecule has 0 bridgehead atoms. The number of amides is 1. The van der Waals surface area contributed by atoms with Gasteiger partial charge in [0.05, 0.1) is 5.92 Å². The molecule has 3 N–H and O–H groups in total. The van der Waals surface area contributed by atoms with Crippen molar-refractivity contribution in [2.45, 2.75) is 69.9 Å². The Morgan fingerprint density at radius 2 is 1.76 bits per heavy atom. The third-order valence-electron chi connectivity index (χ3n) is 4.27. The average Bonchev–Trinajstić information content (AvgIpc) is 2.69. The maximum atomic E-state index is 12.2. The SMILES string of the molecule is CC1(N)CCCCC1C(=O)NC1CCCC1.Cl. The summed E-state index contributed by atoms with van der Waals surface area (Å²) < 4.78 is 0. The van der Waals surface area contributed by atoms with Crippen LogP contribution in [0.4, 0.5) is 0 Å². The Hall–Kier alpha value is -0.280. The van der Waals surface area contributed by atoms with Gasteiger partial charge in [-0.05, 0) is 32.6 Å². The predicted octanol–water partition coefficient (Wildman–Crippen LogP) is 2.37. The zero-order chi connectivity index (χ0) is 11.6. The Labute approximate surface area is 110 Å². The number of nitrogens with two attached hydrogens (primary N) is 1. The number of nitrogens with one attached hydrogen (secondary N) is 1. The number of halogens is 1. The van der Waals surface area contributed by atoms with Gasteiger partial charge in [0.25, 0.3) is 0 Å². The van der Waals surface area contributed by atoms with Crippen LogP contribution in [0.25, 0.3) is 0 Å². The lowest BCUT2D eigenvalue weighted by Gasteiger charge is -2.37. The van der Waals surface area contributed by atoms with Crippen molar-refractivity contribution in [2.24, 2.45) is 11.7 Å². The van der Waals surface area contributed by atoms with E-state index in [0.29, 0.717) is 6.04 Å². The van der Waals surface area contributed by atoms with E-state index in [9.17, 15) is 4.79 Å². The van der Waals surface area contributed by atoms with Crippen LogP contribution in [0, 0.1) is 5.92 Å². The van der Waals surface area contributed by atoms with Gasteiger partial charge in [-0.3, -0.25) is 4.79 Å². The van der Waals surface area contributed by atoms with Crippen LogP contribution in [0.3, 0.4) is 0 Å². The molecule has 0 spiro atoms. The van der Waals surface area contributed by atoms with Crippen LogP contribution in [-0.2, 0) is 4.79 Å². The van der Waals surface area contributed by atoms with Crippen molar-refractivity contribution in [2.75, 3.05) is 0 Å². The predicted molar refractivity (Wildman–Crippen MR) is 72.2 cm³/mol. The van der Waals surface area contributed by atoms with E-state index in [-0.39, 0.29) is 29.8 Å². The molecule has 0 heterocycles. The molecular formula is C13H25ClN2O. The fourth-order valence-electron chi connectivity index (χ4n) is 3.16. The first kappa shape index (κ1) is 14.8. The van der Waals surface area contributed by atoms with Crippen LogP contribution in [0.5, 0.6) is 0 Å². The first-order valence-corrected chi connectivity index (χ1v) is 6.69. The number of hydrogen-bond donors (Lipinski definition) is 2. The maximum absolute atomic E-state index is 12.2. The molecular weight excluding hydrogens is 236 g/mol. The highest BCUT2D eigenvalue weighted by Crippen LogP contribution is 2.32. The molecule has 0 aromatic heterocycles. The molecule has 2 atom stereocenters. The van der Waals surface area contributed by atoms with Crippen molar-refractivity contribution in [3.8, 4) is 0 Å². The molecule has 2 aliphatic carbocycles. The lowest BCUT2D eigenvalue weighted by atomic mass is 9.74. The molecule has 17 heavy (non-hydrogen) atoms. The average molecular weight is 261 g/mol. The van der Waals surface area contributed by atoms with E-state index < -0.39 is 0 Å². The smallest absolute Gasteiger partial charge is 0.225 e. The molecule has 0 aliphatic heterocycles. The number of carbonyl (C=O) groups excluding carboxylic acids is 1. The summed E-state index contributed by atoms with van der Waals surface area (Å²) in [7, 11) is 0. The summed E-state index contributed by atoms with van der Waals surface area (Å²) in [5.74, 6) is 0.235. The van der Waals surface area contributed by atoms with Gasteiger partial charge >= 0.3 is 0 Å². The minimum absolute atomic E-state index is 0. The van der Waals surface area contributed by atoms with Crippen molar-refractivity contribution >= 4 is 18.3 Å². The molecule has 0 aromatic carbocycles. The van der Waals surface area contributed by atoms with Gasteiger partial charge in [-0.15, -0.1) is 12.4 Å². The quantitative estimate of drug-likeness (QED) is 0.801. The molecule has 4 heteroatoms. The molecule has 100 valence electrons. The summed E-state index contributed by atoms with van der Waals surface area (Å²) in [6.07, 6.45) is 9.08. The van der Waals surface area contributed by atoms with Gasteiger partial charge in [0, 0.05) is 11.6 Å². The third kappa shape index (κ3) is 3.59. The van der Waals surface area contributed by atoms with E-state index in [1.807, 2.05) is 6.92 Å². The summed E-state index contributed by atoms with van der Waals surface area (Å²) in [5, 5.41) is 3.19. The minimum atomic E-state index is -0.291. The highest BCUT2D eigenvalue weighted by Gasteiger charge is 2.38. The summed E-state index contributed by atoms with van der Waals surface area (Å²) in [5.41, 5.74) is 5.95. The molecule has 2 unspecified atom stereocenters. The van der Waals surface area contributed by atoms with E-state index in [1.165, 1.54) is 19.3 Å². The molecule has 0 radical (unpaired) electrons. The zero-order valence-electron chi connectivity index (χ0n) is 10.7. The lowest BCUT2D eigenvalue weighted by molar-refractivity contribution is -0.128. The first-order chi connectivity index (χ1) is 7.59. The summed E-state index contributed by atoms with van der Waals surface area (Å²) in [6.45, 7) is 2.03. The number of hydrogen-bond acceptors (Lipinski definition) is 2. The van der Waals surface area contributed by atoms with Gasteiger partial charge in [0.15, 0.2) is 0 Å². The fraction of sp³-hybridized carbons (Fsp3) is 0.923. The summed E-state index contributed by atoms with van der Waals surface area (Å²) >= 11 is 0. The summed E-state index contributed by atoms with van der Waals surface area (Å²) in [4.78, 5) is 12.2. The largest absolute Gasteiger partial charge is 0.353 e. The van der Waals surface area contributed by atoms with Crippen LogP contribution >= 0.6 is 12.4 Å². The van der Waals surface area contributed by atoms with E-state index in [4.69, 9.17) is 5.73 Å². The molecule has 2 aliphatic rings. The Bertz CT molecular complexity index is 262. The molecule has 2 rings (SSSR count). The van der Waals surface area contributed by atoms with Gasteiger partial charge in [-0.25, -0.2) is 0 Å². The number of carbonyl (C=O) groups is 1. The Kier molecular flexibility index (Phi) is 5.26. The second kappa shape index (κ2) is 6.05. The van der Waals surface area contributed by atoms with Gasteiger partial charge in [-0.2, -0.15) is 0 Å². The van der Waals surface area contributed by atoms with Gasteiger partial charge in [0.1, 0.15) is 0 Å². The first-order valence-electron chi connectivity index (χ1n) is 6.69. The Balaban J connectivity index is 0.00000144. The molecule has 1 amide bonds. The second-order valence-corrected chi connectivity index (χ2v) is 5.79.